The van der Waals surface area contributed by atoms with E-state index in [2.05, 4.69) is 11.9 Å². The van der Waals surface area contributed by atoms with E-state index in [1.54, 1.807) is 24.3 Å². The molecule has 0 spiro atoms. The summed E-state index contributed by atoms with van der Waals surface area (Å²) >= 11 is 0. The fourth-order valence-corrected chi connectivity index (χ4v) is 1.86. The minimum Gasteiger partial charge on any atom is -0.304 e. The van der Waals surface area contributed by atoms with Gasteiger partial charge < -0.3 is 4.90 Å². The van der Waals surface area contributed by atoms with Crippen molar-refractivity contribution in [2.45, 2.75) is 5.79 Å². The van der Waals surface area contributed by atoms with Crippen molar-refractivity contribution in [1.29, 1.82) is 0 Å². The average molecular weight is 195 g/mol. The number of allylic oxidation sites excluding steroid dienone is 2. The molecule has 3 heteroatoms. The number of rotatable bonds is 1. The van der Waals surface area contributed by atoms with E-state index >= 15 is 0 Å². The van der Waals surface area contributed by atoms with Crippen molar-refractivity contribution in [1.82, 2.24) is 9.80 Å². The first-order valence-electron chi connectivity index (χ1n) is 5.04. The van der Waals surface area contributed by atoms with Crippen molar-refractivity contribution in [2.24, 2.45) is 0 Å². The number of nitrogens with zero attached hydrogens (tertiary/aromatic N) is 2. The molecule has 1 aliphatic heterocycles. The molecule has 1 saturated heterocycles. The van der Waals surface area contributed by atoms with Gasteiger partial charge in [0.2, 0.25) is 5.79 Å². The zero-order chi connectivity index (χ0) is 10.0. The third-order valence-corrected chi connectivity index (χ3v) is 2.87. The second-order valence-electron chi connectivity index (χ2n) is 3.93. The Morgan fingerprint density at radius 1 is 1.07 bits per heavy atom. The highest BCUT2D eigenvalue weighted by Crippen LogP contribution is 2.25. The van der Waals surface area contributed by atoms with Gasteiger partial charge in [-0.2, -0.15) is 0 Å². The Bertz CT molecular complexity index is 240. The molecular weight excluding hydrogens is 179 g/mol. The molecule has 0 saturated carbocycles. The van der Waals surface area contributed by atoms with Gasteiger partial charge in [-0.25, -0.2) is 4.39 Å². The molecule has 0 atom stereocenters. The second-order valence-corrected chi connectivity index (χ2v) is 3.93. The minimum atomic E-state index is -1.35. The first kappa shape index (κ1) is 9.87. The predicted octanol–water partition coefficient (Wildman–Crippen LogP) is 1.23. The largest absolute Gasteiger partial charge is 0.304 e. The van der Waals surface area contributed by atoms with Crippen LogP contribution in [0.4, 0.5) is 4.39 Å². The molecule has 2 rings (SSSR count). The maximum absolute atomic E-state index is 14.3. The molecule has 2 nitrogen and oxygen atoms in total. The molecule has 0 aromatic heterocycles. The Labute approximate surface area is 84.7 Å². The summed E-state index contributed by atoms with van der Waals surface area (Å²) in [6.07, 6.45) is 8.65. The summed E-state index contributed by atoms with van der Waals surface area (Å²) in [5.41, 5.74) is 0. The molecule has 0 amide bonds. The summed E-state index contributed by atoms with van der Waals surface area (Å²) in [5, 5.41) is 0. The van der Waals surface area contributed by atoms with Gasteiger partial charge in [-0.15, -0.1) is 0 Å². The summed E-state index contributed by atoms with van der Waals surface area (Å²) in [7, 11) is 2.07. The number of hydrogen-bond donors (Lipinski definition) is 0. The molecule has 1 aliphatic carbocycles. The highest BCUT2D eigenvalue weighted by atomic mass is 19.1. The van der Waals surface area contributed by atoms with E-state index in [1.165, 1.54) is 0 Å². The van der Waals surface area contributed by atoms with Gasteiger partial charge in [0.05, 0.1) is 0 Å². The van der Waals surface area contributed by atoms with Crippen molar-refractivity contribution in [3.05, 3.63) is 30.7 Å². The van der Waals surface area contributed by atoms with E-state index in [9.17, 15) is 4.39 Å². The molecule has 77 valence electrons. The van der Waals surface area contributed by atoms with Crippen LogP contribution in [0.1, 0.15) is 0 Å². The number of likely N-dealkylation sites (N-methyl/N-ethyl adjacent to an activating group) is 1. The molecule has 0 aromatic carbocycles. The first-order valence-corrected chi connectivity index (χ1v) is 5.04. The third kappa shape index (κ3) is 1.88. The van der Waals surface area contributed by atoms with Crippen LogP contribution in [0, 0.1) is 6.42 Å². The van der Waals surface area contributed by atoms with Crippen molar-refractivity contribution < 1.29 is 4.39 Å². The third-order valence-electron chi connectivity index (χ3n) is 2.87. The summed E-state index contributed by atoms with van der Waals surface area (Å²) in [5.74, 6) is -1.35. The van der Waals surface area contributed by atoms with Crippen LogP contribution in [0.25, 0.3) is 0 Å². The van der Waals surface area contributed by atoms with Crippen LogP contribution in [-0.4, -0.2) is 48.8 Å². The van der Waals surface area contributed by atoms with Crippen LogP contribution >= 0.6 is 0 Å². The van der Waals surface area contributed by atoms with Gasteiger partial charge in [0.25, 0.3) is 0 Å². The first-order chi connectivity index (χ1) is 6.71. The van der Waals surface area contributed by atoms with Gasteiger partial charge in [-0.3, -0.25) is 4.90 Å². The van der Waals surface area contributed by atoms with Crippen molar-refractivity contribution in [2.75, 3.05) is 33.2 Å². The van der Waals surface area contributed by atoms with Crippen LogP contribution in [0.15, 0.2) is 24.3 Å². The normalized spacial score (nSPS) is 28.1. The monoisotopic (exact) mass is 195 g/mol. The van der Waals surface area contributed by atoms with Crippen LogP contribution in [-0.2, 0) is 0 Å². The Hall–Kier alpha value is -0.670. The Morgan fingerprint density at radius 2 is 1.64 bits per heavy atom. The summed E-state index contributed by atoms with van der Waals surface area (Å²) in [6, 6.07) is 0. The van der Waals surface area contributed by atoms with Gasteiger partial charge in [-0.1, -0.05) is 12.2 Å². The molecule has 0 aromatic rings. The molecule has 0 bridgehead atoms. The lowest BCUT2D eigenvalue weighted by Crippen LogP contribution is -2.53. The fourth-order valence-electron chi connectivity index (χ4n) is 1.86. The van der Waals surface area contributed by atoms with Crippen molar-refractivity contribution >= 4 is 0 Å². The van der Waals surface area contributed by atoms with Crippen LogP contribution in [0.3, 0.4) is 0 Å². The molecule has 1 fully saturated rings. The molecular formula is C11H16FN2. The molecule has 1 heterocycles. The maximum atomic E-state index is 14.3. The molecule has 2 aliphatic rings. The Morgan fingerprint density at radius 3 is 2.21 bits per heavy atom. The Balaban J connectivity index is 2.03. The fraction of sp³-hybridized carbons (Fsp3) is 0.545. The average Bonchev–Trinajstić information content (AvgIpc) is 2.19. The van der Waals surface area contributed by atoms with E-state index in [1.807, 2.05) is 11.3 Å². The van der Waals surface area contributed by atoms with E-state index in [4.69, 9.17) is 0 Å². The van der Waals surface area contributed by atoms with E-state index < -0.39 is 5.79 Å². The SMILES string of the molecule is CN1CCN(C2(F)C=C[CH]C=C2)CC1. The topological polar surface area (TPSA) is 6.48 Å². The maximum Gasteiger partial charge on any atom is 0.201 e. The van der Waals surface area contributed by atoms with Crippen molar-refractivity contribution in [3.8, 4) is 0 Å². The summed E-state index contributed by atoms with van der Waals surface area (Å²) < 4.78 is 14.3. The van der Waals surface area contributed by atoms with Crippen LogP contribution in [0.5, 0.6) is 0 Å². The highest BCUT2D eigenvalue weighted by Gasteiger charge is 2.33. The lowest BCUT2D eigenvalue weighted by molar-refractivity contribution is 0.0144. The number of halogens is 1. The van der Waals surface area contributed by atoms with Gasteiger partial charge in [0, 0.05) is 32.6 Å². The minimum absolute atomic E-state index is 0.793. The molecule has 1 radical (unpaired) electrons. The van der Waals surface area contributed by atoms with E-state index in [0.717, 1.165) is 26.2 Å². The second kappa shape index (κ2) is 3.83. The Kier molecular flexibility index (Phi) is 2.70. The smallest absolute Gasteiger partial charge is 0.201 e. The summed E-state index contributed by atoms with van der Waals surface area (Å²) in [4.78, 5) is 4.11. The zero-order valence-corrected chi connectivity index (χ0v) is 8.49. The van der Waals surface area contributed by atoms with Gasteiger partial charge in [0.1, 0.15) is 0 Å². The lowest BCUT2D eigenvalue weighted by atomic mass is 10.1. The molecule has 14 heavy (non-hydrogen) atoms. The van der Waals surface area contributed by atoms with E-state index in [-0.39, 0.29) is 0 Å². The number of piperazine rings is 1. The molecule has 0 unspecified atom stereocenters. The summed E-state index contributed by atoms with van der Waals surface area (Å²) in [6.45, 7) is 3.47. The highest BCUT2D eigenvalue weighted by molar-refractivity contribution is 5.26. The van der Waals surface area contributed by atoms with Gasteiger partial charge in [-0.05, 0) is 19.2 Å². The molecule has 0 N–H and O–H groups in total. The lowest BCUT2D eigenvalue weighted by Gasteiger charge is -2.39. The standard InChI is InChI=1S/C11H16FN2/c1-13-7-9-14(10-8-13)11(12)5-3-2-4-6-11/h2-6H,7-10H2,1H3. The van der Waals surface area contributed by atoms with Gasteiger partial charge >= 0.3 is 0 Å². The van der Waals surface area contributed by atoms with Crippen molar-refractivity contribution in [3.63, 3.8) is 0 Å². The predicted molar refractivity (Wildman–Crippen MR) is 55.5 cm³/mol. The number of alkyl halides is 1. The van der Waals surface area contributed by atoms with Crippen LogP contribution in [0.2, 0.25) is 0 Å². The zero-order valence-electron chi connectivity index (χ0n) is 8.49. The number of hydrogen-bond acceptors (Lipinski definition) is 2. The van der Waals surface area contributed by atoms with E-state index in [0.29, 0.717) is 0 Å². The quantitative estimate of drug-likeness (QED) is 0.581. The van der Waals surface area contributed by atoms with Gasteiger partial charge in [0.15, 0.2) is 0 Å². The van der Waals surface area contributed by atoms with Crippen LogP contribution < -0.4 is 0 Å².